The van der Waals surface area contributed by atoms with Crippen molar-refractivity contribution in [2.24, 2.45) is 5.92 Å². The van der Waals surface area contributed by atoms with Gasteiger partial charge in [-0.2, -0.15) is 0 Å². The Morgan fingerprint density at radius 1 is 1.09 bits per heavy atom. The number of aromatic nitrogens is 3. The van der Waals surface area contributed by atoms with Gasteiger partial charge in [0.05, 0.1) is 15.6 Å². The van der Waals surface area contributed by atoms with Crippen LogP contribution in [0.1, 0.15) is 42.2 Å². The highest BCUT2D eigenvalue weighted by molar-refractivity contribution is 7.15. The van der Waals surface area contributed by atoms with Crippen molar-refractivity contribution in [2.75, 3.05) is 31.5 Å². The molecule has 1 saturated heterocycles. The van der Waals surface area contributed by atoms with Crippen LogP contribution in [0.2, 0.25) is 0 Å². The van der Waals surface area contributed by atoms with Crippen LogP contribution in [-0.4, -0.2) is 51.9 Å². The van der Waals surface area contributed by atoms with Crippen LogP contribution in [0.15, 0.2) is 42.7 Å². The summed E-state index contributed by atoms with van der Waals surface area (Å²) < 4.78 is 0. The zero-order valence-corrected chi connectivity index (χ0v) is 19.8. The van der Waals surface area contributed by atoms with Gasteiger partial charge in [0.15, 0.2) is 0 Å². The summed E-state index contributed by atoms with van der Waals surface area (Å²) in [5.41, 5.74) is 2.07. The number of rotatable bonds is 5. The van der Waals surface area contributed by atoms with Crippen LogP contribution in [-0.2, 0) is 4.79 Å². The molecule has 0 radical (unpaired) electrons. The fourth-order valence-electron chi connectivity index (χ4n) is 4.70. The van der Waals surface area contributed by atoms with E-state index in [2.05, 4.69) is 15.6 Å². The summed E-state index contributed by atoms with van der Waals surface area (Å²) in [6.45, 7) is 5.56. The van der Waals surface area contributed by atoms with Gasteiger partial charge in [-0.25, -0.2) is 15.0 Å². The van der Waals surface area contributed by atoms with Gasteiger partial charge in [0.2, 0.25) is 5.91 Å². The van der Waals surface area contributed by atoms with E-state index in [0.29, 0.717) is 11.8 Å². The Hall–Kier alpha value is -2.84. The van der Waals surface area contributed by atoms with Gasteiger partial charge in [0.25, 0.3) is 0 Å². The lowest BCUT2D eigenvalue weighted by atomic mass is 9.81. The zero-order chi connectivity index (χ0) is 22.6. The van der Waals surface area contributed by atoms with Crippen LogP contribution in [0.25, 0.3) is 10.6 Å². The number of pyridine rings is 2. The molecular formula is C25H30N6OS. The van der Waals surface area contributed by atoms with Crippen LogP contribution in [0.3, 0.4) is 0 Å². The van der Waals surface area contributed by atoms with E-state index < -0.39 is 0 Å². The maximum Gasteiger partial charge on any atom is 0.225 e. The average Bonchev–Trinajstić information content (AvgIpc) is 3.35. The number of anilines is 2. The van der Waals surface area contributed by atoms with E-state index in [0.717, 1.165) is 79.6 Å². The number of hydrogen-bond acceptors (Lipinski definition) is 7. The molecule has 0 bridgehead atoms. The van der Waals surface area contributed by atoms with Crippen molar-refractivity contribution in [1.82, 2.24) is 25.2 Å². The SMILES string of the molecule is Cc1ccnc(Nc2cccc(-c3cnc(C4CCC(C(=O)N5CCNCC5)CC4)s3)n2)c1. The fourth-order valence-corrected chi connectivity index (χ4v) is 5.76. The van der Waals surface area contributed by atoms with E-state index in [-0.39, 0.29) is 5.92 Å². The molecule has 8 heteroatoms. The topological polar surface area (TPSA) is 83.0 Å². The Morgan fingerprint density at radius 3 is 2.70 bits per heavy atom. The molecule has 2 aliphatic rings. The number of thiazole rings is 1. The Labute approximate surface area is 198 Å². The molecule has 0 spiro atoms. The summed E-state index contributed by atoms with van der Waals surface area (Å²) >= 11 is 1.73. The van der Waals surface area contributed by atoms with Gasteiger partial charge in [-0.1, -0.05) is 6.07 Å². The standard InChI is InChI=1S/C25H30N6OS/c1-17-9-10-27-23(15-17)30-22-4-2-3-20(29-22)21-16-28-24(33-21)18-5-7-19(8-6-18)25(32)31-13-11-26-12-14-31/h2-4,9-10,15-16,18-19,26H,5-8,11-14H2,1H3,(H,27,29,30). The number of aryl methyl sites for hydroxylation is 1. The van der Waals surface area contributed by atoms with E-state index in [9.17, 15) is 4.79 Å². The molecule has 1 aliphatic heterocycles. The van der Waals surface area contributed by atoms with E-state index in [1.807, 2.05) is 48.4 Å². The molecule has 1 saturated carbocycles. The average molecular weight is 463 g/mol. The molecule has 2 fully saturated rings. The fraction of sp³-hybridized carbons (Fsp3) is 0.440. The summed E-state index contributed by atoms with van der Waals surface area (Å²) in [5.74, 6) is 2.53. The maximum atomic E-state index is 12.8. The molecule has 0 unspecified atom stereocenters. The van der Waals surface area contributed by atoms with Gasteiger partial charge in [0.1, 0.15) is 11.6 Å². The summed E-state index contributed by atoms with van der Waals surface area (Å²) in [5, 5.41) is 7.78. The molecule has 3 aromatic rings. The van der Waals surface area contributed by atoms with Crippen LogP contribution < -0.4 is 10.6 Å². The van der Waals surface area contributed by atoms with Gasteiger partial charge in [-0.15, -0.1) is 11.3 Å². The summed E-state index contributed by atoms with van der Waals surface area (Å²) in [6.07, 6.45) is 7.72. The summed E-state index contributed by atoms with van der Waals surface area (Å²) in [7, 11) is 0. The van der Waals surface area contributed by atoms with E-state index in [1.54, 1.807) is 17.5 Å². The second kappa shape index (κ2) is 9.97. The first kappa shape index (κ1) is 22.0. The molecule has 2 N–H and O–H groups in total. The predicted octanol–water partition coefficient (Wildman–Crippen LogP) is 4.36. The van der Waals surface area contributed by atoms with Crippen LogP contribution >= 0.6 is 11.3 Å². The lowest BCUT2D eigenvalue weighted by Gasteiger charge is -2.33. The second-order valence-corrected chi connectivity index (χ2v) is 10.0. The number of carbonyl (C=O) groups is 1. The maximum absolute atomic E-state index is 12.8. The zero-order valence-electron chi connectivity index (χ0n) is 19.0. The van der Waals surface area contributed by atoms with Crippen LogP contribution in [0.5, 0.6) is 0 Å². The number of amides is 1. The van der Waals surface area contributed by atoms with Crippen molar-refractivity contribution < 1.29 is 4.79 Å². The summed E-state index contributed by atoms with van der Waals surface area (Å²) in [6, 6.07) is 9.96. The quantitative estimate of drug-likeness (QED) is 0.586. The van der Waals surface area contributed by atoms with Gasteiger partial charge in [0, 0.05) is 50.4 Å². The number of carbonyl (C=O) groups excluding carboxylic acids is 1. The van der Waals surface area contributed by atoms with Crippen LogP contribution in [0.4, 0.5) is 11.6 Å². The monoisotopic (exact) mass is 462 g/mol. The number of nitrogens with one attached hydrogen (secondary N) is 2. The minimum atomic E-state index is 0.179. The van der Waals surface area contributed by atoms with Gasteiger partial charge < -0.3 is 15.5 Å². The summed E-state index contributed by atoms with van der Waals surface area (Å²) in [4.78, 5) is 29.8. The minimum absolute atomic E-state index is 0.179. The van der Waals surface area contributed by atoms with E-state index in [1.165, 1.54) is 5.01 Å². The van der Waals surface area contributed by atoms with Crippen molar-refractivity contribution in [3.8, 4) is 10.6 Å². The largest absolute Gasteiger partial charge is 0.340 e. The highest BCUT2D eigenvalue weighted by Crippen LogP contribution is 2.39. The van der Waals surface area contributed by atoms with E-state index >= 15 is 0 Å². The molecule has 1 amide bonds. The molecule has 4 heterocycles. The molecule has 33 heavy (non-hydrogen) atoms. The van der Waals surface area contributed by atoms with Crippen molar-refractivity contribution in [1.29, 1.82) is 0 Å². The third kappa shape index (κ3) is 5.23. The van der Waals surface area contributed by atoms with Crippen molar-refractivity contribution in [3.05, 3.63) is 53.3 Å². The lowest BCUT2D eigenvalue weighted by Crippen LogP contribution is -2.48. The van der Waals surface area contributed by atoms with E-state index in [4.69, 9.17) is 9.97 Å². The van der Waals surface area contributed by atoms with Crippen LogP contribution in [0, 0.1) is 12.8 Å². The molecule has 3 aromatic heterocycles. The lowest BCUT2D eigenvalue weighted by molar-refractivity contribution is -0.137. The Balaban J connectivity index is 1.21. The predicted molar refractivity (Wildman–Crippen MR) is 132 cm³/mol. The highest BCUT2D eigenvalue weighted by atomic mass is 32.1. The number of nitrogens with zero attached hydrogens (tertiary/aromatic N) is 4. The third-order valence-corrected chi connectivity index (χ3v) is 7.73. The van der Waals surface area contributed by atoms with Gasteiger partial charge in [-0.05, 0) is 62.4 Å². The first-order valence-corrected chi connectivity index (χ1v) is 12.6. The molecule has 7 nitrogen and oxygen atoms in total. The van der Waals surface area contributed by atoms with Crippen molar-refractivity contribution >= 4 is 28.9 Å². The first-order chi connectivity index (χ1) is 16.2. The van der Waals surface area contributed by atoms with Gasteiger partial charge in [-0.3, -0.25) is 4.79 Å². The Kier molecular flexibility index (Phi) is 6.64. The third-order valence-electron chi connectivity index (χ3n) is 6.55. The van der Waals surface area contributed by atoms with Crippen molar-refractivity contribution in [3.63, 3.8) is 0 Å². The Bertz CT molecular complexity index is 1100. The first-order valence-electron chi connectivity index (χ1n) is 11.8. The number of piperazine rings is 1. The second-order valence-electron chi connectivity index (χ2n) is 8.94. The molecule has 1 aliphatic carbocycles. The highest BCUT2D eigenvalue weighted by Gasteiger charge is 2.31. The molecule has 172 valence electrons. The van der Waals surface area contributed by atoms with Crippen molar-refractivity contribution in [2.45, 2.75) is 38.5 Å². The smallest absolute Gasteiger partial charge is 0.225 e. The minimum Gasteiger partial charge on any atom is -0.340 e. The molecule has 0 aromatic carbocycles. The number of hydrogen-bond donors (Lipinski definition) is 2. The normalized spacial score (nSPS) is 21.1. The molecule has 5 rings (SSSR count). The Morgan fingerprint density at radius 2 is 1.91 bits per heavy atom. The van der Waals surface area contributed by atoms with Gasteiger partial charge >= 0.3 is 0 Å². The molecule has 0 atom stereocenters. The molecular weight excluding hydrogens is 432 g/mol.